The molecule has 2 fully saturated rings. The largest absolute Gasteiger partial charge is 0.390 e. The van der Waals surface area contributed by atoms with Gasteiger partial charge in [-0.1, -0.05) is 36.8 Å². The number of nitrogens with one attached hydrogen (secondary N) is 1. The monoisotopic (exact) mass is 389 g/mol. The molecule has 0 bridgehead atoms. The summed E-state index contributed by atoms with van der Waals surface area (Å²) >= 11 is 0. The second-order valence-corrected chi connectivity index (χ2v) is 10.1. The van der Waals surface area contributed by atoms with Gasteiger partial charge in [0.05, 0.1) is 5.60 Å². The summed E-state index contributed by atoms with van der Waals surface area (Å²) in [7, 11) is 0. The van der Waals surface area contributed by atoms with Gasteiger partial charge in [0.15, 0.2) is 5.78 Å². The third-order valence-corrected chi connectivity index (χ3v) is 8.80. The minimum atomic E-state index is -0.625. The molecule has 4 unspecified atom stereocenters. The van der Waals surface area contributed by atoms with E-state index in [-0.39, 0.29) is 17.1 Å². The lowest BCUT2D eigenvalue weighted by atomic mass is 9.51. The Kier molecular flexibility index (Phi) is 4.26. The first kappa shape index (κ1) is 19.0. The van der Waals surface area contributed by atoms with Crippen molar-refractivity contribution in [3.8, 4) is 0 Å². The summed E-state index contributed by atoms with van der Waals surface area (Å²) in [5.74, 6) is 1.60. The molecule has 1 aromatic carbocycles. The smallest absolute Gasteiger partial charge is 0.156 e. The second-order valence-electron chi connectivity index (χ2n) is 10.1. The fourth-order valence-electron chi connectivity index (χ4n) is 7.00. The number of benzene rings is 1. The average molecular weight is 390 g/mol. The Morgan fingerprint density at radius 2 is 1.86 bits per heavy atom. The lowest BCUT2D eigenvalue weighted by molar-refractivity contribution is -0.114. The normalized spacial score (nSPS) is 38.8. The molecule has 29 heavy (non-hydrogen) atoms. The van der Waals surface area contributed by atoms with Crippen molar-refractivity contribution in [3.63, 3.8) is 0 Å². The summed E-state index contributed by atoms with van der Waals surface area (Å²) < 4.78 is 0. The maximum atomic E-state index is 12.1. The molecule has 3 nitrogen and oxygen atoms in total. The summed E-state index contributed by atoms with van der Waals surface area (Å²) in [5, 5.41) is 18.9. The molecule has 152 valence electrons. The average Bonchev–Trinajstić information content (AvgIpc) is 2.96. The van der Waals surface area contributed by atoms with Crippen LogP contribution in [0, 0.1) is 22.7 Å². The number of ketones is 1. The van der Waals surface area contributed by atoms with E-state index >= 15 is 0 Å². The van der Waals surface area contributed by atoms with Crippen molar-refractivity contribution in [2.75, 3.05) is 0 Å². The minimum Gasteiger partial charge on any atom is -0.390 e. The molecule has 5 atom stereocenters. The number of allylic oxidation sites excluding steroid dienone is 4. The Bertz CT molecular complexity index is 936. The highest BCUT2D eigenvalue weighted by Crippen LogP contribution is 2.66. The van der Waals surface area contributed by atoms with Crippen molar-refractivity contribution < 1.29 is 9.90 Å². The maximum absolute atomic E-state index is 12.1. The number of fused-ring (bicyclic) bond motifs is 4. The van der Waals surface area contributed by atoms with E-state index < -0.39 is 5.60 Å². The third kappa shape index (κ3) is 2.73. The van der Waals surface area contributed by atoms with E-state index in [0.29, 0.717) is 18.3 Å². The number of hydrogen-bond acceptors (Lipinski definition) is 3. The van der Waals surface area contributed by atoms with Gasteiger partial charge in [-0.15, -0.1) is 0 Å². The van der Waals surface area contributed by atoms with Crippen molar-refractivity contribution >= 4 is 12.0 Å². The quantitative estimate of drug-likeness (QED) is 0.671. The highest BCUT2D eigenvalue weighted by molar-refractivity contribution is 5.93. The van der Waals surface area contributed by atoms with E-state index in [2.05, 4.69) is 19.1 Å². The van der Waals surface area contributed by atoms with Gasteiger partial charge in [-0.25, -0.2) is 0 Å². The summed E-state index contributed by atoms with van der Waals surface area (Å²) in [6, 6.07) is 8.42. The first-order valence-electron chi connectivity index (χ1n) is 11.1. The number of carbonyl (C=O) groups excluding carboxylic acids is 1. The summed E-state index contributed by atoms with van der Waals surface area (Å²) in [4.78, 5) is 12.1. The molecule has 5 rings (SSSR count). The number of rotatable bonds is 2. The molecule has 0 heterocycles. The Hall–Kier alpha value is -2.00. The molecule has 1 aromatic rings. The predicted octanol–water partition coefficient (Wildman–Crippen LogP) is 5.33. The molecular formula is C26H31NO2. The van der Waals surface area contributed by atoms with Crippen LogP contribution in [-0.4, -0.2) is 22.7 Å². The molecule has 0 spiro atoms. The molecule has 2 N–H and O–H groups in total. The van der Waals surface area contributed by atoms with Crippen LogP contribution in [0.5, 0.6) is 0 Å². The molecule has 3 heteroatoms. The molecule has 4 aliphatic carbocycles. The van der Waals surface area contributed by atoms with E-state index in [0.717, 1.165) is 44.1 Å². The molecule has 0 saturated heterocycles. The number of hydrogen-bond donors (Lipinski definition) is 2. The van der Waals surface area contributed by atoms with Crippen LogP contribution in [0.4, 0.5) is 0 Å². The van der Waals surface area contributed by atoms with Gasteiger partial charge >= 0.3 is 0 Å². The van der Waals surface area contributed by atoms with Gasteiger partial charge in [0.1, 0.15) is 0 Å². The predicted molar refractivity (Wildman–Crippen MR) is 115 cm³/mol. The zero-order valence-corrected chi connectivity index (χ0v) is 17.5. The van der Waals surface area contributed by atoms with Gasteiger partial charge in [0.2, 0.25) is 0 Å². The fraction of sp³-hybridized carbons (Fsp3) is 0.538. The van der Waals surface area contributed by atoms with E-state index in [1.165, 1.54) is 22.9 Å². The molecule has 0 amide bonds. The zero-order chi connectivity index (χ0) is 20.4. The summed E-state index contributed by atoms with van der Waals surface area (Å²) in [6.45, 7) is 4.37. The van der Waals surface area contributed by atoms with Crippen molar-refractivity contribution in [2.45, 2.75) is 70.3 Å². The lowest BCUT2D eigenvalue weighted by Gasteiger charge is -2.54. The first-order chi connectivity index (χ1) is 13.8. The van der Waals surface area contributed by atoms with Crippen LogP contribution in [-0.2, 0) is 4.79 Å². The Labute approximate surface area is 173 Å². The van der Waals surface area contributed by atoms with Crippen LogP contribution < -0.4 is 0 Å². The van der Waals surface area contributed by atoms with Crippen molar-refractivity contribution in [1.82, 2.24) is 0 Å². The van der Waals surface area contributed by atoms with Crippen LogP contribution in [0.15, 0.2) is 47.1 Å². The zero-order valence-electron chi connectivity index (χ0n) is 17.5. The fourth-order valence-corrected chi connectivity index (χ4v) is 7.00. The van der Waals surface area contributed by atoms with Gasteiger partial charge in [-0.3, -0.25) is 4.79 Å². The number of aliphatic hydroxyl groups is 1. The molecule has 0 radical (unpaired) electrons. The minimum absolute atomic E-state index is 0.0850. The van der Waals surface area contributed by atoms with E-state index in [9.17, 15) is 9.90 Å². The second kappa shape index (κ2) is 6.50. The van der Waals surface area contributed by atoms with E-state index in [4.69, 9.17) is 5.41 Å². The topological polar surface area (TPSA) is 61.2 Å². The van der Waals surface area contributed by atoms with Crippen LogP contribution in [0.3, 0.4) is 0 Å². The van der Waals surface area contributed by atoms with Crippen LogP contribution in [0.2, 0.25) is 0 Å². The van der Waals surface area contributed by atoms with Crippen molar-refractivity contribution in [1.29, 1.82) is 5.41 Å². The van der Waals surface area contributed by atoms with Gasteiger partial charge in [0.25, 0.3) is 0 Å². The Balaban J connectivity index is 1.68. The summed E-state index contributed by atoms with van der Waals surface area (Å²) in [6.07, 6.45) is 9.87. The Morgan fingerprint density at radius 3 is 2.59 bits per heavy atom. The summed E-state index contributed by atoms with van der Waals surface area (Å²) in [5.41, 5.74) is 5.81. The highest BCUT2D eigenvalue weighted by Gasteiger charge is 2.60. The van der Waals surface area contributed by atoms with E-state index in [1.54, 1.807) is 5.57 Å². The van der Waals surface area contributed by atoms with Crippen molar-refractivity contribution in [3.05, 3.63) is 58.2 Å². The van der Waals surface area contributed by atoms with Crippen LogP contribution in [0.1, 0.15) is 75.8 Å². The van der Waals surface area contributed by atoms with Gasteiger partial charge in [0, 0.05) is 24.0 Å². The third-order valence-electron chi connectivity index (χ3n) is 8.80. The first-order valence-corrected chi connectivity index (χ1v) is 11.1. The molecule has 4 aliphatic rings. The maximum Gasteiger partial charge on any atom is 0.156 e. The van der Waals surface area contributed by atoms with Gasteiger partial charge in [-0.05, 0) is 85.6 Å². The SMILES string of the molecule is CC12CC(c3ccc(C=N)cc3)C3=C4CCC(=O)C=C4CCC3C1CC[C@]2(C)O. The van der Waals surface area contributed by atoms with E-state index in [1.807, 2.05) is 25.1 Å². The van der Waals surface area contributed by atoms with Gasteiger partial charge < -0.3 is 10.5 Å². The standard InChI is InChI=1S/C26H31NO2/c1-25-14-22(17-5-3-16(15-27)4-6-17)24-20-10-8-19(28)13-18(20)7-9-21(24)23(25)11-12-26(25,2)29/h3-6,13,15,21-23,27,29H,7-12,14H2,1-2H3/t21?,22?,23?,25?,26-/m0/s1. The molecular weight excluding hydrogens is 358 g/mol. The molecule has 2 saturated carbocycles. The highest BCUT2D eigenvalue weighted by atomic mass is 16.3. The van der Waals surface area contributed by atoms with Crippen LogP contribution >= 0.6 is 0 Å². The lowest BCUT2D eigenvalue weighted by Crippen LogP contribution is -2.50. The number of carbonyl (C=O) groups is 1. The molecule has 0 aliphatic heterocycles. The Morgan fingerprint density at radius 1 is 1.10 bits per heavy atom. The van der Waals surface area contributed by atoms with Gasteiger partial charge in [-0.2, -0.15) is 0 Å². The van der Waals surface area contributed by atoms with Crippen molar-refractivity contribution in [2.24, 2.45) is 17.3 Å². The molecule has 0 aromatic heterocycles. The van der Waals surface area contributed by atoms with Crippen LogP contribution in [0.25, 0.3) is 0 Å².